The van der Waals surface area contributed by atoms with Gasteiger partial charge >= 0.3 is 5.97 Å². The second-order valence-electron chi connectivity index (χ2n) is 5.66. The van der Waals surface area contributed by atoms with Gasteiger partial charge in [-0.05, 0) is 24.3 Å². The van der Waals surface area contributed by atoms with Gasteiger partial charge in [0.2, 0.25) is 5.91 Å². The van der Waals surface area contributed by atoms with Gasteiger partial charge in [-0.25, -0.2) is 4.79 Å². The van der Waals surface area contributed by atoms with Crippen LogP contribution in [0.4, 0.5) is 0 Å². The van der Waals surface area contributed by atoms with E-state index in [9.17, 15) is 14.7 Å². The molecule has 1 aliphatic carbocycles. The number of aliphatic carboxylic acids is 1. The number of carboxylic acids is 1. The minimum atomic E-state index is -1.03. The molecule has 2 N–H and O–H groups in total. The van der Waals surface area contributed by atoms with Crippen molar-refractivity contribution in [3.05, 3.63) is 35.9 Å². The number of hydrogen-bond donors (Lipinski definition) is 2. The largest absolute Gasteiger partial charge is 0.480 e. The molecule has 4 heteroatoms. The van der Waals surface area contributed by atoms with Crippen LogP contribution in [0.2, 0.25) is 0 Å². The van der Waals surface area contributed by atoms with E-state index in [-0.39, 0.29) is 11.8 Å². The van der Waals surface area contributed by atoms with E-state index in [0.29, 0.717) is 19.3 Å². The Morgan fingerprint density at radius 1 is 1.25 bits per heavy atom. The Morgan fingerprint density at radius 2 is 1.85 bits per heavy atom. The Morgan fingerprint density at radius 3 is 2.40 bits per heavy atom. The summed E-state index contributed by atoms with van der Waals surface area (Å²) in [5.41, 5.74) is 0.0615. The molecular weight excluding hydrogens is 254 g/mol. The van der Waals surface area contributed by atoms with Crippen LogP contribution in [0.1, 0.15) is 50.5 Å². The highest BCUT2D eigenvalue weighted by Crippen LogP contribution is 2.30. The number of carbonyl (C=O) groups is 2. The van der Waals surface area contributed by atoms with Gasteiger partial charge in [0.05, 0.1) is 0 Å². The van der Waals surface area contributed by atoms with E-state index >= 15 is 0 Å². The topological polar surface area (TPSA) is 66.4 Å². The summed E-state index contributed by atoms with van der Waals surface area (Å²) < 4.78 is 0. The quantitative estimate of drug-likeness (QED) is 0.868. The lowest BCUT2D eigenvalue weighted by Gasteiger charge is -2.26. The molecule has 0 heterocycles. The molecule has 1 amide bonds. The third-order valence-corrected chi connectivity index (χ3v) is 4.11. The van der Waals surface area contributed by atoms with E-state index in [1.54, 1.807) is 0 Å². The van der Waals surface area contributed by atoms with Gasteiger partial charge in [0.25, 0.3) is 0 Å². The van der Waals surface area contributed by atoms with Gasteiger partial charge in [0.15, 0.2) is 0 Å². The van der Waals surface area contributed by atoms with Crippen molar-refractivity contribution in [1.29, 1.82) is 0 Å². The molecule has 1 saturated carbocycles. The van der Waals surface area contributed by atoms with E-state index in [4.69, 9.17) is 0 Å². The highest BCUT2D eigenvalue weighted by molar-refractivity contribution is 5.87. The number of nitrogens with one attached hydrogen (secondary N) is 1. The molecule has 1 fully saturated rings. The van der Waals surface area contributed by atoms with Crippen molar-refractivity contribution >= 4 is 11.9 Å². The average molecular weight is 275 g/mol. The second kappa shape index (κ2) is 6.07. The average Bonchev–Trinajstić information content (AvgIpc) is 2.89. The lowest BCUT2D eigenvalue weighted by molar-refractivity contribution is -0.147. The highest BCUT2D eigenvalue weighted by atomic mass is 16.4. The zero-order valence-corrected chi connectivity index (χ0v) is 11.8. The van der Waals surface area contributed by atoms with Gasteiger partial charge in [-0.3, -0.25) is 4.79 Å². The molecule has 0 aromatic heterocycles. The predicted octanol–water partition coefficient (Wildman–Crippen LogP) is 2.69. The third kappa shape index (κ3) is 3.18. The van der Waals surface area contributed by atoms with Crippen LogP contribution in [0.15, 0.2) is 30.3 Å². The van der Waals surface area contributed by atoms with Gasteiger partial charge in [0.1, 0.15) is 5.54 Å². The summed E-state index contributed by atoms with van der Waals surface area (Å²) in [6.07, 6.45) is 3.11. The van der Waals surface area contributed by atoms with Crippen molar-refractivity contribution in [3.8, 4) is 0 Å². The fraction of sp³-hybridized carbons (Fsp3) is 0.500. The molecule has 0 radical (unpaired) electrons. The van der Waals surface area contributed by atoms with E-state index in [0.717, 1.165) is 18.4 Å². The lowest BCUT2D eigenvalue weighted by atomic mass is 9.94. The first kappa shape index (κ1) is 14.6. The first-order chi connectivity index (χ1) is 9.53. The standard InChI is InChI=1S/C16H21NO3/c1-12(13-7-3-2-4-8-13)11-14(18)17-16(15(19)20)9-5-6-10-16/h2-4,7-8,12H,5-6,9-11H2,1H3,(H,17,18)(H,19,20). The predicted molar refractivity (Wildman–Crippen MR) is 76.5 cm³/mol. The maximum atomic E-state index is 12.1. The number of rotatable bonds is 5. The first-order valence-corrected chi connectivity index (χ1v) is 7.13. The van der Waals surface area contributed by atoms with E-state index in [1.165, 1.54) is 0 Å². The fourth-order valence-electron chi connectivity index (χ4n) is 2.87. The molecule has 1 unspecified atom stereocenters. The summed E-state index contributed by atoms with van der Waals surface area (Å²) in [4.78, 5) is 23.5. The van der Waals surface area contributed by atoms with Gasteiger partial charge in [-0.15, -0.1) is 0 Å². The number of carbonyl (C=O) groups excluding carboxylic acids is 1. The van der Waals surface area contributed by atoms with E-state index in [2.05, 4.69) is 5.32 Å². The summed E-state index contributed by atoms with van der Waals surface area (Å²) in [6.45, 7) is 1.98. The summed E-state index contributed by atoms with van der Waals surface area (Å²) in [5.74, 6) is -0.996. The lowest BCUT2D eigenvalue weighted by Crippen LogP contribution is -2.52. The SMILES string of the molecule is CC(CC(=O)NC1(C(=O)O)CCCC1)c1ccccc1. The van der Waals surface area contributed by atoms with Gasteiger partial charge in [-0.2, -0.15) is 0 Å². The Balaban J connectivity index is 1.97. The van der Waals surface area contributed by atoms with Crippen molar-refractivity contribution in [2.45, 2.75) is 50.5 Å². The molecule has 0 saturated heterocycles. The van der Waals surface area contributed by atoms with Gasteiger partial charge < -0.3 is 10.4 Å². The molecule has 1 aliphatic rings. The van der Waals surface area contributed by atoms with Crippen LogP contribution in [0.3, 0.4) is 0 Å². The smallest absolute Gasteiger partial charge is 0.329 e. The zero-order valence-electron chi connectivity index (χ0n) is 11.8. The molecule has 20 heavy (non-hydrogen) atoms. The maximum Gasteiger partial charge on any atom is 0.329 e. The molecule has 0 bridgehead atoms. The van der Waals surface area contributed by atoms with Crippen molar-refractivity contribution < 1.29 is 14.7 Å². The Labute approximate surface area is 119 Å². The van der Waals surface area contributed by atoms with Gasteiger partial charge in [-0.1, -0.05) is 50.1 Å². The van der Waals surface area contributed by atoms with Gasteiger partial charge in [0, 0.05) is 6.42 Å². The van der Waals surface area contributed by atoms with Crippen LogP contribution >= 0.6 is 0 Å². The second-order valence-corrected chi connectivity index (χ2v) is 5.66. The van der Waals surface area contributed by atoms with Crippen LogP contribution in [-0.2, 0) is 9.59 Å². The summed E-state index contributed by atoms with van der Waals surface area (Å²) in [7, 11) is 0. The first-order valence-electron chi connectivity index (χ1n) is 7.13. The Kier molecular flexibility index (Phi) is 4.42. The number of benzene rings is 1. The molecule has 1 atom stereocenters. The van der Waals surface area contributed by atoms with Crippen LogP contribution in [0, 0.1) is 0 Å². The molecule has 108 valence electrons. The summed E-state index contributed by atoms with van der Waals surface area (Å²) in [5, 5.41) is 12.1. The van der Waals surface area contributed by atoms with Crippen molar-refractivity contribution in [2.24, 2.45) is 0 Å². The highest BCUT2D eigenvalue weighted by Gasteiger charge is 2.42. The number of carboxylic acid groups (broad SMARTS) is 1. The van der Waals surface area contributed by atoms with Crippen molar-refractivity contribution in [1.82, 2.24) is 5.32 Å². The van der Waals surface area contributed by atoms with Crippen molar-refractivity contribution in [3.63, 3.8) is 0 Å². The molecule has 4 nitrogen and oxygen atoms in total. The molecular formula is C16H21NO3. The van der Waals surface area contributed by atoms with Crippen LogP contribution < -0.4 is 5.32 Å². The van der Waals surface area contributed by atoms with Crippen molar-refractivity contribution in [2.75, 3.05) is 0 Å². The van der Waals surface area contributed by atoms with Crippen LogP contribution in [-0.4, -0.2) is 22.5 Å². The summed E-state index contributed by atoms with van der Waals surface area (Å²) >= 11 is 0. The Hall–Kier alpha value is -1.84. The monoisotopic (exact) mass is 275 g/mol. The zero-order chi connectivity index (χ0) is 14.6. The molecule has 0 aliphatic heterocycles. The Bertz CT molecular complexity index is 478. The summed E-state index contributed by atoms with van der Waals surface area (Å²) in [6, 6.07) is 9.80. The van der Waals surface area contributed by atoms with E-state index in [1.807, 2.05) is 37.3 Å². The molecule has 0 spiro atoms. The number of hydrogen-bond acceptors (Lipinski definition) is 2. The number of amides is 1. The molecule has 1 aromatic carbocycles. The minimum Gasteiger partial charge on any atom is -0.480 e. The van der Waals surface area contributed by atoms with Crippen LogP contribution in [0.5, 0.6) is 0 Å². The maximum absolute atomic E-state index is 12.1. The minimum absolute atomic E-state index is 0.0865. The van der Waals surface area contributed by atoms with Crippen LogP contribution in [0.25, 0.3) is 0 Å². The normalized spacial score (nSPS) is 18.4. The van der Waals surface area contributed by atoms with E-state index < -0.39 is 11.5 Å². The fourth-order valence-corrected chi connectivity index (χ4v) is 2.87. The third-order valence-electron chi connectivity index (χ3n) is 4.11. The molecule has 2 rings (SSSR count). The molecule has 1 aromatic rings.